The summed E-state index contributed by atoms with van der Waals surface area (Å²) < 4.78 is 43.1. The Morgan fingerprint density at radius 1 is 1.22 bits per heavy atom. The van der Waals surface area contributed by atoms with E-state index in [1.54, 1.807) is 45.2 Å². The van der Waals surface area contributed by atoms with E-state index in [1.165, 1.54) is 23.5 Å². The van der Waals surface area contributed by atoms with Gasteiger partial charge in [-0.3, -0.25) is 14.1 Å². The number of hydrogen-bond donors (Lipinski definition) is 3. The number of benzene rings is 1. The lowest BCUT2D eigenvalue weighted by Crippen LogP contribution is -2.35. The molecule has 0 spiro atoms. The predicted octanol–water partition coefficient (Wildman–Crippen LogP) is 3.27. The van der Waals surface area contributed by atoms with Crippen molar-refractivity contribution in [3.05, 3.63) is 45.9 Å². The SMILES string of the molecule is CCOC(=O)Cc1csc(C[C@H](NC(=O)OC(C)(C)C)c2ccc(NS(=O)(=O)O)cc2)n1. The third-order valence-electron chi connectivity index (χ3n) is 3.86. The van der Waals surface area contributed by atoms with E-state index < -0.39 is 28.0 Å². The number of anilines is 1. The summed E-state index contributed by atoms with van der Waals surface area (Å²) >= 11 is 1.35. The van der Waals surface area contributed by atoms with E-state index in [1.807, 2.05) is 4.72 Å². The minimum Gasteiger partial charge on any atom is -0.466 e. The first-order valence-corrected chi connectivity index (χ1v) is 12.1. The zero-order valence-corrected chi connectivity index (χ0v) is 19.9. The fraction of sp³-hybridized carbons (Fsp3) is 0.450. The Kier molecular flexibility index (Phi) is 8.58. The Balaban J connectivity index is 2.20. The highest BCUT2D eigenvalue weighted by Crippen LogP contribution is 2.24. The van der Waals surface area contributed by atoms with Crippen molar-refractivity contribution in [3.8, 4) is 0 Å². The summed E-state index contributed by atoms with van der Waals surface area (Å²) in [4.78, 5) is 28.5. The van der Waals surface area contributed by atoms with Crippen LogP contribution in [-0.4, -0.2) is 42.2 Å². The van der Waals surface area contributed by atoms with Crippen molar-refractivity contribution in [1.29, 1.82) is 0 Å². The maximum Gasteiger partial charge on any atom is 0.408 e. The molecule has 10 nitrogen and oxygen atoms in total. The first-order chi connectivity index (χ1) is 14.8. The molecule has 176 valence electrons. The lowest BCUT2D eigenvalue weighted by Gasteiger charge is -2.23. The largest absolute Gasteiger partial charge is 0.466 e. The molecule has 32 heavy (non-hydrogen) atoms. The van der Waals surface area contributed by atoms with Crippen molar-refractivity contribution in [2.24, 2.45) is 0 Å². The van der Waals surface area contributed by atoms with Crippen molar-refractivity contribution in [3.63, 3.8) is 0 Å². The molecule has 12 heteroatoms. The van der Waals surface area contributed by atoms with E-state index in [0.717, 1.165) is 0 Å². The van der Waals surface area contributed by atoms with Crippen LogP contribution in [0.3, 0.4) is 0 Å². The Morgan fingerprint density at radius 3 is 2.44 bits per heavy atom. The summed E-state index contributed by atoms with van der Waals surface area (Å²) in [5.74, 6) is -0.366. The highest BCUT2D eigenvalue weighted by Gasteiger charge is 2.22. The van der Waals surface area contributed by atoms with Crippen LogP contribution in [0.4, 0.5) is 10.5 Å². The first kappa shape index (κ1) is 25.6. The Morgan fingerprint density at radius 2 is 1.88 bits per heavy atom. The third-order valence-corrected chi connectivity index (χ3v) is 5.27. The predicted molar refractivity (Wildman–Crippen MR) is 120 cm³/mol. The standard InChI is InChI=1S/C20H27N3O7S2/c1-5-29-18(24)10-15-12-31-17(21-15)11-16(22-19(25)30-20(2,3)4)13-6-8-14(9-7-13)23-32(26,27)28/h6-9,12,16,23H,5,10-11H2,1-4H3,(H,22,25)(H,26,27,28)/t16-/m0/s1. The van der Waals surface area contributed by atoms with Crippen molar-refractivity contribution in [1.82, 2.24) is 10.3 Å². The van der Waals surface area contributed by atoms with Crippen molar-refractivity contribution >= 4 is 39.4 Å². The van der Waals surface area contributed by atoms with Gasteiger partial charge in [-0.05, 0) is 45.4 Å². The molecule has 0 unspecified atom stereocenters. The average molecular weight is 486 g/mol. The molecule has 0 saturated heterocycles. The van der Waals surface area contributed by atoms with Gasteiger partial charge in [0.2, 0.25) is 0 Å². The number of aromatic nitrogens is 1. The van der Waals surface area contributed by atoms with Crippen LogP contribution in [0.2, 0.25) is 0 Å². The van der Waals surface area contributed by atoms with Crippen LogP contribution < -0.4 is 10.0 Å². The number of alkyl carbamates (subject to hydrolysis) is 1. The van der Waals surface area contributed by atoms with E-state index >= 15 is 0 Å². The van der Waals surface area contributed by atoms with E-state index in [-0.39, 0.29) is 18.1 Å². The van der Waals surface area contributed by atoms with E-state index in [4.69, 9.17) is 14.0 Å². The van der Waals surface area contributed by atoms with Gasteiger partial charge in [0.25, 0.3) is 0 Å². The molecule has 1 aromatic heterocycles. The molecule has 0 bridgehead atoms. The maximum absolute atomic E-state index is 12.4. The van der Waals surface area contributed by atoms with Gasteiger partial charge in [0, 0.05) is 11.8 Å². The van der Waals surface area contributed by atoms with E-state index in [0.29, 0.717) is 29.3 Å². The summed E-state index contributed by atoms with van der Waals surface area (Å²) in [7, 11) is -4.40. The molecule has 1 heterocycles. The van der Waals surface area contributed by atoms with Crippen molar-refractivity contribution < 1.29 is 32.0 Å². The summed E-state index contributed by atoms with van der Waals surface area (Å²) in [6, 6.07) is 5.61. The normalized spacial score (nSPS) is 12.7. The van der Waals surface area contributed by atoms with Crippen molar-refractivity contribution in [2.45, 2.75) is 52.2 Å². The third kappa shape index (κ3) is 9.20. The van der Waals surface area contributed by atoms with Gasteiger partial charge in [-0.2, -0.15) is 8.42 Å². The number of carbonyl (C=O) groups excluding carboxylic acids is 2. The Hall–Kier alpha value is -2.70. The van der Waals surface area contributed by atoms with E-state index in [9.17, 15) is 18.0 Å². The number of nitrogens with zero attached hydrogens (tertiary/aromatic N) is 1. The molecular weight excluding hydrogens is 458 g/mol. The van der Waals surface area contributed by atoms with Gasteiger partial charge in [-0.1, -0.05) is 12.1 Å². The molecule has 1 atom stereocenters. The number of rotatable bonds is 9. The molecule has 0 aliphatic heterocycles. The van der Waals surface area contributed by atoms with Crippen LogP contribution in [0.5, 0.6) is 0 Å². The molecule has 1 amide bonds. The van der Waals surface area contributed by atoms with Gasteiger partial charge in [0.15, 0.2) is 0 Å². The number of amides is 1. The second kappa shape index (κ2) is 10.7. The molecule has 2 rings (SSSR count). The second-order valence-corrected chi connectivity index (χ2v) is 9.91. The van der Waals surface area contributed by atoms with Gasteiger partial charge in [-0.15, -0.1) is 11.3 Å². The fourth-order valence-electron chi connectivity index (χ4n) is 2.69. The molecule has 0 aliphatic carbocycles. The fourth-order valence-corrected chi connectivity index (χ4v) is 3.97. The quantitative estimate of drug-likeness (QED) is 0.363. The molecule has 3 N–H and O–H groups in total. The van der Waals surface area contributed by atoms with Gasteiger partial charge in [0.1, 0.15) is 5.60 Å². The van der Waals surface area contributed by atoms with Crippen LogP contribution in [-0.2, 0) is 37.4 Å². The van der Waals surface area contributed by atoms with Crippen LogP contribution in [0.25, 0.3) is 0 Å². The molecule has 0 radical (unpaired) electrons. The minimum atomic E-state index is -4.40. The van der Waals surface area contributed by atoms with Gasteiger partial charge < -0.3 is 14.8 Å². The molecule has 0 aliphatic rings. The minimum absolute atomic E-state index is 0.0600. The summed E-state index contributed by atoms with van der Waals surface area (Å²) in [5, 5.41) is 5.25. The van der Waals surface area contributed by atoms with Gasteiger partial charge >= 0.3 is 22.4 Å². The number of hydrogen-bond acceptors (Lipinski definition) is 8. The molecular formula is C20H27N3O7S2. The zero-order chi connectivity index (χ0) is 23.9. The van der Waals surface area contributed by atoms with Crippen LogP contribution in [0.15, 0.2) is 29.6 Å². The summed E-state index contributed by atoms with van der Waals surface area (Å²) in [6.45, 7) is 7.27. The topological polar surface area (TPSA) is 144 Å². The number of ether oxygens (including phenoxy) is 2. The number of nitrogens with one attached hydrogen (secondary N) is 2. The second-order valence-electron chi connectivity index (χ2n) is 7.82. The number of thiazole rings is 1. The average Bonchev–Trinajstić information content (AvgIpc) is 3.06. The van der Waals surface area contributed by atoms with Gasteiger partial charge in [-0.25, -0.2) is 9.78 Å². The maximum atomic E-state index is 12.4. The van der Waals surface area contributed by atoms with Crippen LogP contribution in [0, 0.1) is 0 Å². The van der Waals surface area contributed by atoms with Crippen LogP contribution in [0.1, 0.15) is 50.0 Å². The monoisotopic (exact) mass is 485 g/mol. The van der Waals surface area contributed by atoms with Gasteiger partial charge in [0.05, 0.1) is 35.5 Å². The van der Waals surface area contributed by atoms with Crippen LogP contribution >= 0.6 is 11.3 Å². The molecule has 0 saturated carbocycles. The Bertz CT molecular complexity index is 1030. The molecule has 2 aromatic rings. The Labute approximate surface area is 191 Å². The zero-order valence-electron chi connectivity index (χ0n) is 18.2. The number of carbonyl (C=O) groups is 2. The first-order valence-electron chi connectivity index (χ1n) is 9.78. The molecule has 1 aromatic carbocycles. The summed E-state index contributed by atoms with van der Waals surface area (Å²) in [5.41, 5.74) is 0.718. The molecule has 0 fully saturated rings. The highest BCUT2D eigenvalue weighted by atomic mass is 32.2. The smallest absolute Gasteiger partial charge is 0.408 e. The highest BCUT2D eigenvalue weighted by molar-refractivity contribution is 7.87. The number of esters is 1. The lowest BCUT2D eigenvalue weighted by molar-refractivity contribution is -0.142. The summed E-state index contributed by atoms with van der Waals surface area (Å²) in [6.07, 6.45) is -0.242. The van der Waals surface area contributed by atoms with Crippen molar-refractivity contribution in [2.75, 3.05) is 11.3 Å². The van der Waals surface area contributed by atoms with E-state index in [2.05, 4.69) is 10.3 Å². The lowest BCUT2D eigenvalue weighted by atomic mass is 10.0.